The highest BCUT2D eigenvalue weighted by Crippen LogP contribution is 2.44. The minimum absolute atomic E-state index is 0. The first kappa shape index (κ1) is 19.0. The normalized spacial score (nSPS) is 29.0. The molecule has 1 spiro atoms. The topological polar surface area (TPSA) is 18.5 Å². The first-order chi connectivity index (χ1) is 11.6. The van der Waals surface area contributed by atoms with Crippen molar-refractivity contribution in [3.05, 3.63) is 35.9 Å². The Morgan fingerprint density at radius 1 is 1.04 bits per heavy atom. The van der Waals surface area contributed by atoms with Gasteiger partial charge in [0.25, 0.3) is 5.92 Å². The van der Waals surface area contributed by atoms with Crippen molar-refractivity contribution in [2.75, 3.05) is 39.3 Å². The highest BCUT2D eigenvalue weighted by Gasteiger charge is 2.54. The number of rotatable bonds is 3. The van der Waals surface area contributed by atoms with Crippen LogP contribution in [0.5, 0.6) is 0 Å². The molecular weight excluding hydrogens is 344 g/mol. The second kappa shape index (κ2) is 7.47. The van der Waals surface area contributed by atoms with Gasteiger partial charge in [0.05, 0.1) is 12.6 Å². The van der Waals surface area contributed by atoms with Gasteiger partial charge in [-0.25, -0.2) is 8.78 Å². The van der Waals surface area contributed by atoms with Gasteiger partial charge in [-0.2, -0.15) is 0 Å². The molecule has 3 saturated heterocycles. The number of likely N-dealkylation sites (tertiary alicyclic amines) is 2. The number of hydrogen-bond donors (Lipinski definition) is 1. The molecule has 1 unspecified atom stereocenters. The lowest BCUT2D eigenvalue weighted by Crippen LogP contribution is -2.68. The molecule has 25 heavy (non-hydrogen) atoms. The molecule has 6 heteroatoms. The summed E-state index contributed by atoms with van der Waals surface area (Å²) in [6, 6.07) is 9.37. The molecule has 1 N–H and O–H groups in total. The van der Waals surface area contributed by atoms with Gasteiger partial charge >= 0.3 is 0 Å². The predicted molar refractivity (Wildman–Crippen MR) is 98.4 cm³/mol. The third-order valence-corrected chi connectivity index (χ3v) is 6.07. The summed E-state index contributed by atoms with van der Waals surface area (Å²) in [6.45, 7) is 5.09. The fraction of sp³-hybridized carbons (Fsp3) is 0.684. The Morgan fingerprint density at radius 3 is 2.36 bits per heavy atom. The van der Waals surface area contributed by atoms with Crippen molar-refractivity contribution >= 4 is 12.4 Å². The van der Waals surface area contributed by atoms with Crippen LogP contribution in [0.15, 0.2) is 30.3 Å². The standard InChI is InChI=1S/C19H27F2N3.ClH/c20-19(21)15-23(12-16-4-2-1-3-5-16)11-6-17(19)24-13-18(14-24)7-9-22-10-8-18;/h1-5,17,22H,6-15H2;1H. The van der Waals surface area contributed by atoms with Crippen LogP contribution in [-0.4, -0.2) is 61.0 Å². The van der Waals surface area contributed by atoms with E-state index in [-0.39, 0.29) is 19.0 Å². The first-order valence-corrected chi connectivity index (χ1v) is 9.15. The third-order valence-electron chi connectivity index (χ3n) is 6.07. The van der Waals surface area contributed by atoms with Crippen molar-refractivity contribution in [2.24, 2.45) is 5.41 Å². The maximum atomic E-state index is 14.8. The minimum Gasteiger partial charge on any atom is -0.317 e. The summed E-state index contributed by atoms with van der Waals surface area (Å²) in [7, 11) is 0. The van der Waals surface area contributed by atoms with Crippen molar-refractivity contribution < 1.29 is 8.78 Å². The van der Waals surface area contributed by atoms with E-state index in [4.69, 9.17) is 0 Å². The lowest BCUT2D eigenvalue weighted by Gasteiger charge is -2.57. The SMILES string of the molecule is Cl.FC1(F)CN(Cc2ccccc2)CCC1N1CC2(CCNCC2)C1. The van der Waals surface area contributed by atoms with Crippen molar-refractivity contribution in [1.82, 2.24) is 15.1 Å². The van der Waals surface area contributed by atoms with Crippen LogP contribution in [0.4, 0.5) is 8.78 Å². The summed E-state index contributed by atoms with van der Waals surface area (Å²) in [4.78, 5) is 3.97. The second-order valence-electron chi connectivity index (χ2n) is 7.92. The Kier molecular flexibility index (Phi) is 5.69. The first-order valence-electron chi connectivity index (χ1n) is 9.15. The zero-order chi connectivity index (χ0) is 16.6. The van der Waals surface area contributed by atoms with Crippen molar-refractivity contribution in [3.8, 4) is 0 Å². The summed E-state index contributed by atoms with van der Waals surface area (Å²) in [5, 5.41) is 3.37. The molecule has 0 saturated carbocycles. The van der Waals surface area contributed by atoms with Gasteiger partial charge in [0.1, 0.15) is 0 Å². The number of nitrogens with one attached hydrogen (secondary N) is 1. The molecule has 3 fully saturated rings. The highest BCUT2D eigenvalue weighted by molar-refractivity contribution is 5.85. The van der Waals surface area contributed by atoms with Crippen LogP contribution in [0.3, 0.4) is 0 Å². The molecule has 0 aromatic heterocycles. The average molecular weight is 372 g/mol. The van der Waals surface area contributed by atoms with Gasteiger partial charge < -0.3 is 5.32 Å². The Labute approximate surface area is 155 Å². The lowest BCUT2D eigenvalue weighted by atomic mass is 9.71. The molecule has 0 amide bonds. The van der Waals surface area contributed by atoms with Gasteiger partial charge in [-0.05, 0) is 43.3 Å². The van der Waals surface area contributed by atoms with Crippen molar-refractivity contribution in [2.45, 2.75) is 37.8 Å². The summed E-state index contributed by atoms with van der Waals surface area (Å²) in [5.41, 5.74) is 1.44. The van der Waals surface area contributed by atoms with Crippen molar-refractivity contribution in [3.63, 3.8) is 0 Å². The Bertz CT molecular complexity index is 555. The fourth-order valence-corrected chi connectivity index (χ4v) is 4.73. The minimum atomic E-state index is -2.61. The monoisotopic (exact) mass is 371 g/mol. The summed E-state index contributed by atoms with van der Waals surface area (Å²) in [5.74, 6) is -2.61. The Morgan fingerprint density at radius 2 is 1.72 bits per heavy atom. The molecule has 1 aromatic rings. The number of piperidine rings is 2. The van der Waals surface area contributed by atoms with Crippen LogP contribution in [0.25, 0.3) is 0 Å². The molecule has 3 aliphatic rings. The molecule has 0 bridgehead atoms. The Balaban J connectivity index is 0.00000182. The van der Waals surface area contributed by atoms with Gasteiger partial charge in [0.15, 0.2) is 0 Å². The van der Waals surface area contributed by atoms with E-state index < -0.39 is 12.0 Å². The van der Waals surface area contributed by atoms with E-state index in [1.54, 1.807) is 0 Å². The second-order valence-corrected chi connectivity index (χ2v) is 7.92. The van der Waals surface area contributed by atoms with Gasteiger partial charge in [-0.15, -0.1) is 12.4 Å². The fourth-order valence-electron chi connectivity index (χ4n) is 4.73. The van der Waals surface area contributed by atoms with E-state index in [9.17, 15) is 8.78 Å². The van der Waals surface area contributed by atoms with Crippen LogP contribution >= 0.6 is 12.4 Å². The van der Waals surface area contributed by atoms with Crippen LogP contribution in [-0.2, 0) is 6.54 Å². The van der Waals surface area contributed by atoms with Crippen LogP contribution in [0.2, 0.25) is 0 Å². The van der Waals surface area contributed by atoms with E-state index in [0.29, 0.717) is 18.4 Å². The maximum Gasteiger partial charge on any atom is 0.275 e. The molecule has 1 atom stereocenters. The maximum absolute atomic E-state index is 14.8. The van der Waals surface area contributed by atoms with E-state index in [0.717, 1.165) is 51.1 Å². The van der Waals surface area contributed by atoms with Crippen LogP contribution < -0.4 is 5.32 Å². The van der Waals surface area contributed by atoms with Crippen molar-refractivity contribution in [1.29, 1.82) is 0 Å². The number of nitrogens with zero attached hydrogens (tertiary/aromatic N) is 2. The number of halogens is 3. The third kappa shape index (κ3) is 4.00. The number of hydrogen-bond acceptors (Lipinski definition) is 3. The molecular formula is C19H28ClF2N3. The van der Waals surface area contributed by atoms with Crippen LogP contribution in [0, 0.1) is 5.41 Å². The largest absolute Gasteiger partial charge is 0.317 e. The molecule has 0 aliphatic carbocycles. The zero-order valence-corrected chi connectivity index (χ0v) is 15.4. The summed E-state index contributed by atoms with van der Waals surface area (Å²) < 4.78 is 29.5. The van der Waals surface area contributed by atoms with Crippen LogP contribution in [0.1, 0.15) is 24.8 Å². The van der Waals surface area contributed by atoms with E-state index in [1.165, 1.54) is 0 Å². The molecule has 1 aromatic carbocycles. The molecule has 3 heterocycles. The number of alkyl halides is 2. The highest BCUT2D eigenvalue weighted by atomic mass is 35.5. The average Bonchev–Trinajstić information content (AvgIpc) is 2.54. The van der Waals surface area contributed by atoms with E-state index >= 15 is 0 Å². The summed E-state index contributed by atoms with van der Waals surface area (Å²) >= 11 is 0. The zero-order valence-electron chi connectivity index (χ0n) is 14.6. The molecule has 140 valence electrons. The smallest absolute Gasteiger partial charge is 0.275 e. The van der Waals surface area contributed by atoms with Gasteiger partial charge in [-0.1, -0.05) is 30.3 Å². The molecule has 3 nitrogen and oxygen atoms in total. The quantitative estimate of drug-likeness (QED) is 0.881. The Hall–Kier alpha value is -0.750. The molecule has 0 radical (unpaired) electrons. The number of benzene rings is 1. The van der Waals surface area contributed by atoms with Gasteiger partial charge in [0, 0.05) is 26.2 Å². The molecule has 4 rings (SSSR count). The van der Waals surface area contributed by atoms with E-state index in [2.05, 4.69) is 10.2 Å². The van der Waals surface area contributed by atoms with Gasteiger partial charge in [0.2, 0.25) is 0 Å². The molecule has 3 aliphatic heterocycles. The summed E-state index contributed by atoms with van der Waals surface area (Å²) in [6.07, 6.45) is 2.86. The van der Waals surface area contributed by atoms with E-state index in [1.807, 2.05) is 35.2 Å². The van der Waals surface area contributed by atoms with Gasteiger partial charge in [-0.3, -0.25) is 9.80 Å². The lowest BCUT2D eigenvalue weighted by molar-refractivity contribution is -0.171. The predicted octanol–water partition coefficient (Wildman–Crippen LogP) is 3.00.